The zero-order chi connectivity index (χ0) is 25.2. The van der Waals surface area contributed by atoms with Gasteiger partial charge in [-0.05, 0) is 56.5 Å². The molecule has 182 valence electrons. The van der Waals surface area contributed by atoms with Crippen LogP contribution in [0.25, 0.3) is 0 Å². The number of aliphatic hydroxyl groups excluding tert-OH is 1. The van der Waals surface area contributed by atoms with E-state index < -0.39 is 11.8 Å². The van der Waals surface area contributed by atoms with Crippen molar-refractivity contribution in [3.63, 3.8) is 0 Å². The highest BCUT2D eigenvalue weighted by Crippen LogP contribution is 2.36. The molecule has 35 heavy (non-hydrogen) atoms. The maximum absolute atomic E-state index is 14.6. The number of hydrogen-bond donors (Lipinski definition) is 1. The van der Waals surface area contributed by atoms with E-state index in [1.54, 1.807) is 49.4 Å². The molecule has 2 amide bonds. The predicted molar refractivity (Wildman–Crippen MR) is 132 cm³/mol. The number of nitrogens with zero attached hydrogens (tertiary/aromatic N) is 4. The minimum absolute atomic E-state index is 0.0367. The molecule has 1 fully saturated rings. The lowest BCUT2D eigenvalue weighted by atomic mass is 9.94. The van der Waals surface area contributed by atoms with Gasteiger partial charge in [-0.25, -0.2) is 9.18 Å². The normalized spacial score (nSPS) is 20.9. The van der Waals surface area contributed by atoms with Gasteiger partial charge >= 0.3 is 6.03 Å². The first-order chi connectivity index (χ1) is 16.7. The third kappa shape index (κ3) is 4.88. The Bertz CT molecular complexity index is 1220. The van der Waals surface area contributed by atoms with Crippen molar-refractivity contribution in [2.45, 2.75) is 44.4 Å². The number of nitriles is 1. The molecule has 2 heterocycles. The van der Waals surface area contributed by atoms with Gasteiger partial charge in [-0.15, -0.1) is 0 Å². The number of benzene rings is 2. The second-order valence-corrected chi connectivity index (χ2v) is 9.42. The Morgan fingerprint density at radius 3 is 2.77 bits per heavy atom. The van der Waals surface area contributed by atoms with Gasteiger partial charge in [-0.2, -0.15) is 5.26 Å². The van der Waals surface area contributed by atoms with Gasteiger partial charge in [0.15, 0.2) is 6.23 Å². The molecule has 2 aliphatic heterocycles. The van der Waals surface area contributed by atoms with Crippen molar-refractivity contribution in [1.29, 1.82) is 5.26 Å². The number of aliphatic imine (C=N–C) groups is 1. The van der Waals surface area contributed by atoms with Crippen molar-refractivity contribution in [1.82, 2.24) is 4.90 Å². The highest BCUT2D eigenvalue weighted by atomic mass is 35.5. The molecule has 1 saturated heterocycles. The van der Waals surface area contributed by atoms with E-state index in [4.69, 9.17) is 21.6 Å². The zero-order valence-corrected chi connectivity index (χ0v) is 20.2. The fourth-order valence-corrected chi connectivity index (χ4v) is 4.54. The van der Waals surface area contributed by atoms with Gasteiger partial charge < -0.3 is 14.7 Å². The number of rotatable bonds is 7. The van der Waals surface area contributed by atoms with E-state index in [1.165, 1.54) is 23.1 Å². The van der Waals surface area contributed by atoms with Gasteiger partial charge in [0.25, 0.3) is 0 Å². The summed E-state index contributed by atoms with van der Waals surface area (Å²) in [4.78, 5) is 20.0. The smallest absolute Gasteiger partial charge is 0.327 e. The Morgan fingerprint density at radius 2 is 2.11 bits per heavy atom. The van der Waals surface area contributed by atoms with Crippen LogP contribution in [-0.4, -0.2) is 47.2 Å². The molecule has 2 aliphatic rings. The number of hydrogen-bond acceptors (Lipinski definition) is 5. The molecule has 2 atom stereocenters. The average molecular weight is 497 g/mol. The second kappa shape index (κ2) is 10.1. The Kier molecular flexibility index (Phi) is 7.10. The lowest BCUT2D eigenvalue weighted by Crippen LogP contribution is -2.47. The largest absolute Gasteiger partial charge is 0.493 e. The number of urea groups is 1. The summed E-state index contributed by atoms with van der Waals surface area (Å²) < 4.78 is 20.3. The second-order valence-electron chi connectivity index (χ2n) is 9.01. The van der Waals surface area contributed by atoms with E-state index in [0.717, 1.165) is 0 Å². The van der Waals surface area contributed by atoms with Crippen LogP contribution in [0.2, 0.25) is 5.02 Å². The van der Waals surface area contributed by atoms with Crippen LogP contribution in [0.15, 0.2) is 53.7 Å². The quantitative estimate of drug-likeness (QED) is 0.531. The number of carbonyl (C=O) groups excluding carboxylic acids is 1. The molecule has 0 spiro atoms. The molecule has 0 aliphatic carbocycles. The highest BCUT2D eigenvalue weighted by Gasteiger charge is 2.51. The molecule has 2 aromatic carbocycles. The first kappa shape index (κ1) is 24.7. The van der Waals surface area contributed by atoms with Crippen LogP contribution < -0.4 is 9.64 Å². The number of aliphatic hydroxyl groups is 1. The third-order valence-electron chi connectivity index (χ3n) is 6.40. The van der Waals surface area contributed by atoms with Crippen LogP contribution in [0.3, 0.4) is 0 Å². The molecule has 0 aromatic heterocycles. The molecule has 7 nitrogen and oxygen atoms in total. The van der Waals surface area contributed by atoms with E-state index in [9.17, 15) is 14.3 Å². The fourth-order valence-electron chi connectivity index (χ4n) is 4.33. The van der Waals surface area contributed by atoms with Gasteiger partial charge in [0, 0.05) is 36.6 Å². The van der Waals surface area contributed by atoms with E-state index in [0.29, 0.717) is 42.0 Å². The maximum atomic E-state index is 14.6. The number of anilines is 1. The summed E-state index contributed by atoms with van der Waals surface area (Å²) in [5.41, 5.74) is 0.426. The summed E-state index contributed by atoms with van der Waals surface area (Å²) in [5.74, 6) is 0.0501. The lowest BCUT2D eigenvalue weighted by Gasteiger charge is -2.32. The van der Waals surface area contributed by atoms with Gasteiger partial charge in [-0.1, -0.05) is 23.7 Å². The molecule has 0 saturated carbocycles. The Hall–Kier alpha value is -3.41. The van der Waals surface area contributed by atoms with E-state index in [1.807, 2.05) is 12.1 Å². The molecule has 4 rings (SSSR count). The summed E-state index contributed by atoms with van der Waals surface area (Å²) in [5, 5.41) is 20.2. The SMILES string of the molecule is CC1(C)C(O)N(c2ccc(C#N)c(Cl)c2)C(=O)N1CCCOc1ccc(C2C=CN=CC2)c(F)c1. The summed E-state index contributed by atoms with van der Waals surface area (Å²) in [6.07, 6.45) is 5.34. The predicted octanol–water partition coefficient (Wildman–Crippen LogP) is 5.23. The third-order valence-corrected chi connectivity index (χ3v) is 6.71. The number of halogens is 2. The molecule has 1 N–H and O–H groups in total. The van der Waals surface area contributed by atoms with Gasteiger partial charge in [0.05, 0.1) is 22.7 Å². The minimum Gasteiger partial charge on any atom is -0.493 e. The Labute approximate surface area is 208 Å². The highest BCUT2D eigenvalue weighted by molar-refractivity contribution is 6.32. The van der Waals surface area contributed by atoms with Crippen LogP contribution in [0.4, 0.5) is 14.9 Å². The minimum atomic E-state index is -1.11. The van der Waals surface area contributed by atoms with Crippen LogP contribution in [0.5, 0.6) is 5.75 Å². The first-order valence-electron chi connectivity index (χ1n) is 11.3. The first-order valence-corrected chi connectivity index (χ1v) is 11.7. The van der Waals surface area contributed by atoms with Crippen LogP contribution in [0, 0.1) is 17.1 Å². The van der Waals surface area contributed by atoms with Gasteiger partial charge in [0.1, 0.15) is 17.6 Å². The van der Waals surface area contributed by atoms with Crippen LogP contribution >= 0.6 is 11.6 Å². The zero-order valence-electron chi connectivity index (χ0n) is 19.5. The van der Waals surface area contributed by atoms with Crippen molar-refractivity contribution in [2.75, 3.05) is 18.1 Å². The molecule has 9 heteroatoms. The summed E-state index contributed by atoms with van der Waals surface area (Å²) in [6.45, 7) is 4.16. The van der Waals surface area contributed by atoms with Crippen molar-refractivity contribution in [3.8, 4) is 11.8 Å². The maximum Gasteiger partial charge on any atom is 0.327 e. The van der Waals surface area contributed by atoms with Crippen molar-refractivity contribution < 1.29 is 19.0 Å². The number of amides is 2. The monoisotopic (exact) mass is 496 g/mol. The summed E-state index contributed by atoms with van der Waals surface area (Å²) >= 11 is 6.13. The molecular weight excluding hydrogens is 471 g/mol. The summed E-state index contributed by atoms with van der Waals surface area (Å²) in [6, 6.07) is 11.0. The Balaban J connectivity index is 1.37. The fraction of sp³-hybridized carbons (Fsp3) is 0.346. The number of carbonyl (C=O) groups is 1. The average Bonchev–Trinajstić information content (AvgIpc) is 3.01. The van der Waals surface area contributed by atoms with E-state index >= 15 is 0 Å². The van der Waals surface area contributed by atoms with Crippen LogP contribution in [-0.2, 0) is 0 Å². The van der Waals surface area contributed by atoms with Gasteiger partial charge in [0.2, 0.25) is 0 Å². The Morgan fingerprint density at radius 1 is 1.31 bits per heavy atom. The van der Waals surface area contributed by atoms with E-state index in [-0.39, 0.29) is 29.4 Å². The van der Waals surface area contributed by atoms with E-state index in [2.05, 4.69) is 4.99 Å². The van der Waals surface area contributed by atoms with Crippen LogP contribution in [0.1, 0.15) is 43.7 Å². The molecule has 0 bridgehead atoms. The number of ether oxygens (including phenoxy) is 1. The standard InChI is InChI=1S/C26H26ClFN4O3/c1-26(2)24(33)32(19-5-4-18(16-29)22(27)14-19)25(34)31(26)12-3-13-35-20-6-7-21(23(28)15-20)17-8-10-30-11-9-17/h4-8,10-11,14-15,17,24,33H,3,9,12-13H2,1-2H3. The topological polar surface area (TPSA) is 89.2 Å². The molecule has 2 aromatic rings. The molecule has 0 radical (unpaired) electrons. The molecular formula is C26H26ClFN4O3. The molecule has 2 unspecified atom stereocenters. The van der Waals surface area contributed by atoms with Crippen molar-refractivity contribution in [2.24, 2.45) is 4.99 Å². The van der Waals surface area contributed by atoms with Crippen molar-refractivity contribution >= 4 is 29.5 Å². The number of allylic oxidation sites excluding steroid dienone is 1. The van der Waals surface area contributed by atoms with Crippen molar-refractivity contribution in [3.05, 3.63) is 70.6 Å². The van der Waals surface area contributed by atoms with Gasteiger partial charge in [-0.3, -0.25) is 9.89 Å². The summed E-state index contributed by atoms with van der Waals surface area (Å²) in [7, 11) is 0. The lowest BCUT2D eigenvalue weighted by molar-refractivity contribution is 0.0587.